The molecule has 1 amide bonds. The molecule has 1 aliphatic rings. The van der Waals surface area contributed by atoms with Gasteiger partial charge in [-0.3, -0.25) is 4.79 Å². The van der Waals surface area contributed by atoms with Crippen LogP contribution in [0, 0.1) is 20.8 Å². The average Bonchev–Trinajstić information content (AvgIpc) is 3.31. The monoisotopic (exact) mass is 341 g/mol. The van der Waals surface area contributed by atoms with Crippen LogP contribution in [-0.4, -0.2) is 43.7 Å². The van der Waals surface area contributed by atoms with Crippen LogP contribution in [0.2, 0.25) is 0 Å². The number of rotatable bonds is 5. The van der Waals surface area contributed by atoms with Gasteiger partial charge in [-0.05, 0) is 57.7 Å². The third-order valence-electron chi connectivity index (χ3n) is 4.78. The van der Waals surface area contributed by atoms with Gasteiger partial charge in [-0.2, -0.15) is 5.10 Å². The zero-order valence-electron chi connectivity index (χ0n) is 15.0. The number of carboxylic acid groups (broad SMARTS) is 1. The van der Waals surface area contributed by atoms with Gasteiger partial charge < -0.3 is 10.0 Å². The minimum Gasteiger partial charge on any atom is -0.480 e. The molecule has 1 atom stereocenters. The zero-order chi connectivity index (χ0) is 18.3. The molecule has 0 saturated heterocycles. The molecule has 0 aliphatic heterocycles. The maximum atomic E-state index is 13.0. The number of hydrogen-bond donors (Lipinski definition) is 1. The second kappa shape index (κ2) is 6.35. The van der Waals surface area contributed by atoms with Crippen LogP contribution in [0.1, 0.15) is 46.9 Å². The molecule has 6 heteroatoms. The van der Waals surface area contributed by atoms with E-state index in [1.807, 2.05) is 39.0 Å². The quantitative estimate of drug-likeness (QED) is 0.907. The van der Waals surface area contributed by atoms with Gasteiger partial charge in [0.1, 0.15) is 6.04 Å². The summed E-state index contributed by atoms with van der Waals surface area (Å²) in [6.07, 6.45) is 3.25. The van der Waals surface area contributed by atoms with E-state index in [1.54, 1.807) is 17.8 Å². The van der Waals surface area contributed by atoms with Gasteiger partial charge in [0.15, 0.2) is 0 Å². The Labute approximate surface area is 147 Å². The molecular weight excluding hydrogens is 318 g/mol. The van der Waals surface area contributed by atoms with E-state index in [2.05, 4.69) is 5.10 Å². The molecule has 0 spiro atoms. The van der Waals surface area contributed by atoms with Crippen LogP contribution in [-0.2, 0) is 4.79 Å². The van der Waals surface area contributed by atoms with Crippen molar-refractivity contribution in [3.8, 4) is 5.69 Å². The fourth-order valence-corrected chi connectivity index (χ4v) is 3.08. The summed E-state index contributed by atoms with van der Waals surface area (Å²) < 4.78 is 1.76. The van der Waals surface area contributed by atoms with Crippen molar-refractivity contribution >= 4 is 11.9 Å². The molecule has 25 heavy (non-hydrogen) atoms. The number of carboxylic acids is 1. The Morgan fingerprint density at radius 3 is 2.56 bits per heavy atom. The normalized spacial score (nSPS) is 15.0. The Kier molecular flexibility index (Phi) is 4.37. The number of aliphatic carboxylic acids is 1. The first-order chi connectivity index (χ1) is 11.8. The predicted molar refractivity (Wildman–Crippen MR) is 94.1 cm³/mol. The van der Waals surface area contributed by atoms with Gasteiger partial charge in [0, 0.05) is 6.04 Å². The van der Waals surface area contributed by atoms with Crippen LogP contribution in [0.15, 0.2) is 24.4 Å². The van der Waals surface area contributed by atoms with E-state index in [0.717, 1.165) is 35.3 Å². The Morgan fingerprint density at radius 2 is 1.96 bits per heavy atom. The van der Waals surface area contributed by atoms with Crippen molar-refractivity contribution in [2.75, 3.05) is 0 Å². The summed E-state index contributed by atoms with van der Waals surface area (Å²) in [6, 6.07) is 5.26. The third kappa shape index (κ3) is 3.16. The first kappa shape index (κ1) is 17.2. The lowest BCUT2D eigenvalue weighted by Crippen LogP contribution is -2.44. The summed E-state index contributed by atoms with van der Waals surface area (Å²) in [5.41, 5.74) is 4.29. The number of carbonyl (C=O) groups excluding carboxylic acids is 1. The molecule has 1 unspecified atom stereocenters. The van der Waals surface area contributed by atoms with E-state index in [4.69, 9.17) is 0 Å². The van der Waals surface area contributed by atoms with Gasteiger partial charge in [0.25, 0.3) is 5.91 Å². The Bertz CT molecular complexity index is 836. The molecule has 0 bridgehead atoms. The SMILES string of the molecule is Cc1ccc(C)c(-n2ncc(C(=O)N(C3CC3)C(C)C(=O)O)c2C)c1. The predicted octanol–water partition coefficient (Wildman–Crippen LogP) is 2.88. The highest BCUT2D eigenvalue weighted by Gasteiger charge is 2.39. The van der Waals surface area contributed by atoms with Crippen molar-refractivity contribution in [1.82, 2.24) is 14.7 Å². The van der Waals surface area contributed by atoms with Crippen LogP contribution in [0.3, 0.4) is 0 Å². The largest absolute Gasteiger partial charge is 0.480 e. The minimum atomic E-state index is -0.986. The Morgan fingerprint density at radius 1 is 1.28 bits per heavy atom. The maximum absolute atomic E-state index is 13.0. The number of benzene rings is 1. The highest BCUT2D eigenvalue weighted by atomic mass is 16.4. The molecule has 1 aromatic carbocycles. The number of carbonyl (C=O) groups is 2. The second-order valence-corrected chi connectivity index (χ2v) is 6.80. The van der Waals surface area contributed by atoms with Crippen molar-refractivity contribution in [3.05, 3.63) is 46.8 Å². The summed E-state index contributed by atoms with van der Waals surface area (Å²) in [5.74, 6) is -1.24. The van der Waals surface area contributed by atoms with Crippen molar-refractivity contribution in [1.29, 1.82) is 0 Å². The van der Waals surface area contributed by atoms with Gasteiger partial charge in [-0.15, -0.1) is 0 Å². The summed E-state index contributed by atoms with van der Waals surface area (Å²) in [5, 5.41) is 13.7. The fraction of sp³-hybridized carbons (Fsp3) is 0.421. The molecule has 0 radical (unpaired) electrons. The third-order valence-corrected chi connectivity index (χ3v) is 4.78. The van der Waals surface area contributed by atoms with E-state index in [-0.39, 0.29) is 11.9 Å². The van der Waals surface area contributed by atoms with Gasteiger partial charge >= 0.3 is 5.97 Å². The van der Waals surface area contributed by atoms with Gasteiger partial charge in [-0.25, -0.2) is 9.48 Å². The lowest BCUT2D eigenvalue weighted by molar-refractivity contribution is -0.141. The van der Waals surface area contributed by atoms with Gasteiger partial charge in [0.2, 0.25) is 0 Å². The number of aryl methyl sites for hydroxylation is 2. The second-order valence-electron chi connectivity index (χ2n) is 6.80. The van der Waals surface area contributed by atoms with Gasteiger partial charge in [0.05, 0.1) is 23.1 Å². The summed E-state index contributed by atoms with van der Waals surface area (Å²) in [7, 11) is 0. The van der Waals surface area contributed by atoms with Crippen LogP contribution in [0.5, 0.6) is 0 Å². The number of amides is 1. The van der Waals surface area contributed by atoms with Crippen LogP contribution < -0.4 is 0 Å². The van der Waals surface area contributed by atoms with Crippen molar-refractivity contribution in [3.63, 3.8) is 0 Å². The van der Waals surface area contributed by atoms with Gasteiger partial charge in [-0.1, -0.05) is 12.1 Å². The van der Waals surface area contributed by atoms with Crippen LogP contribution in [0.25, 0.3) is 5.69 Å². The van der Waals surface area contributed by atoms with E-state index in [0.29, 0.717) is 5.56 Å². The highest BCUT2D eigenvalue weighted by molar-refractivity contribution is 5.97. The first-order valence-corrected chi connectivity index (χ1v) is 8.49. The molecule has 1 aliphatic carbocycles. The fourth-order valence-electron chi connectivity index (χ4n) is 3.08. The summed E-state index contributed by atoms with van der Waals surface area (Å²) in [4.78, 5) is 25.9. The topological polar surface area (TPSA) is 75.4 Å². The highest BCUT2D eigenvalue weighted by Crippen LogP contribution is 2.31. The Hall–Kier alpha value is -2.63. The molecule has 1 fully saturated rings. The van der Waals surface area contributed by atoms with E-state index < -0.39 is 12.0 Å². The maximum Gasteiger partial charge on any atom is 0.326 e. The molecule has 1 N–H and O–H groups in total. The number of aromatic nitrogens is 2. The van der Waals surface area contributed by atoms with E-state index in [9.17, 15) is 14.7 Å². The molecule has 1 heterocycles. The number of hydrogen-bond acceptors (Lipinski definition) is 3. The average molecular weight is 341 g/mol. The minimum absolute atomic E-state index is 0.0158. The molecule has 3 rings (SSSR count). The Balaban J connectivity index is 1.99. The van der Waals surface area contributed by atoms with E-state index >= 15 is 0 Å². The van der Waals surface area contributed by atoms with Crippen molar-refractivity contribution in [2.45, 2.75) is 52.6 Å². The molecule has 1 aromatic heterocycles. The van der Waals surface area contributed by atoms with Crippen LogP contribution in [0.4, 0.5) is 0 Å². The summed E-state index contributed by atoms with van der Waals surface area (Å²) in [6.45, 7) is 7.42. The smallest absolute Gasteiger partial charge is 0.326 e. The lowest BCUT2D eigenvalue weighted by Gasteiger charge is -2.26. The molecule has 6 nitrogen and oxygen atoms in total. The van der Waals surface area contributed by atoms with Crippen molar-refractivity contribution < 1.29 is 14.7 Å². The lowest BCUT2D eigenvalue weighted by atomic mass is 10.1. The standard InChI is InChI=1S/C19H23N3O3/c1-11-5-6-12(2)17(9-11)22-13(3)16(10-20-22)18(23)21(15-7-8-15)14(4)19(24)25/h5-6,9-10,14-15H,7-8H2,1-4H3,(H,24,25). The molecule has 2 aromatic rings. The van der Waals surface area contributed by atoms with Crippen molar-refractivity contribution in [2.24, 2.45) is 0 Å². The van der Waals surface area contributed by atoms with E-state index in [1.165, 1.54) is 4.90 Å². The summed E-state index contributed by atoms with van der Waals surface area (Å²) >= 11 is 0. The van der Waals surface area contributed by atoms with Crippen LogP contribution >= 0.6 is 0 Å². The molecular formula is C19H23N3O3. The number of nitrogens with zero attached hydrogens (tertiary/aromatic N) is 3. The zero-order valence-corrected chi connectivity index (χ0v) is 15.0. The molecule has 132 valence electrons. The molecule has 1 saturated carbocycles. The first-order valence-electron chi connectivity index (χ1n) is 8.49.